The topological polar surface area (TPSA) is 79.3 Å². The molecule has 6 heteroatoms. The Labute approximate surface area is 121 Å². The molecule has 1 atom stereocenters. The highest BCUT2D eigenvalue weighted by Gasteiger charge is 2.09. The summed E-state index contributed by atoms with van der Waals surface area (Å²) >= 11 is 0. The van der Waals surface area contributed by atoms with Crippen molar-refractivity contribution >= 4 is 11.6 Å². The minimum Gasteiger partial charge on any atom is -0.391 e. The zero-order valence-corrected chi connectivity index (χ0v) is 12.8. The molecule has 0 aliphatic rings. The van der Waals surface area contributed by atoms with Crippen molar-refractivity contribution in [3.63, 3.8) is 0 Å². The van der Waals surface area contributed by atoms with Crippen molar-refractivity contribution in [3.05, 3.63) is 11.9 Å². The van der Waals surface area contributed by atoms with Crippen LogP contribution in [0.5, 0.6) is 0 Å². The third-order valence-electron chi connectivity index (χ3n) is 2.67. The normalized spacial score (nSPS) is 12.5. The second-order valence-corrected chi connectivity index (χ2v) is 5.18. The number of aliphatic hydroxyl groups excluding tert-OH is 1. The Morgan fingerprint density at radius 3 is 2.45 bits per heavy atom. The Balaban J connectivity index is 2.67. The first-order valence-electron chi connectivity index (χ1n) is 7.07. The second-order valence-electron chi connectivity index (χ2n) is 5.18. The fourth-order valence-electron chi connectivity index (χ4n) is 1.90. The molecule has 1 unspecified atom stereocenters. The predicted octanol–water partition coefficient (Wildman–Crippen LogP) is 1.87. The molecular weight excluding hydrogens is 256 g/mol. The number of rotatable bonds is 9. The maximum atomic E-state index is 9.88. The van der Waals surface area contributed by atoms with Crippen LogP contribution in [-0.4, -0.2) is 41.4 Å². The third-order valence-corrected chi connectivity index (χ3v) is 2.67. The molecular formula is C14H26N4O2. The average molecular weight is 282 g/mol. The second kappa shape index (κ2) is 8.71. The van der Waals surface area contributed by atoms with Crippen LogP contribution in [0.3, 0.4) is 0 Å². The van der Waals surface area contributed by atoms with Crippen LogP contribution in [0.2, 0.25) is 0 Å². The summed E-state index contributed by atoms with van der Waals surface area (Å²) in [5.41, 5.74) is 0. The van der Waals surface area contributed by atoms with Gasteiger partial charge in [-0.05, 0) is 19.3 Å². The molecule has 6 nitrogen and oxygen atoms in total. The van der Waals surface area contributed by atoms with Crippen molar-refractivity contribution in [2.75, 3.05) is 30.8 Å². The van der Waals surface area contributed by atoms with Gasteiger partial charge in [-0.2, -0.15) is 0 Å². The molecule has 0 fully saturated rings. The van der Waals surface area contributed by atoms with E-state index < -0.39 is 0 Å². The summed E-state index contributed by atoms with van der Waals surface area (Å²) in [5, 5.41) is 16.2. The molecule has 1 aromatic rings. The molecule has 0 aromatic carbocycles. The van der Waals surface area contributed by atoms with Gasteiger partial charge in [-0.1, -0.05) is 13.8 Å². The molecule has 1 heterocycles. The first-order chi connectivity index (χ1) is 9.55. The molecule has 0 saturated heterocycles. The molecule has 3 N–H and O–H groups in total. The number of anilines is 2. The van der Waals surface area contributed by atoms with E-state index >= 15 is 0 Å². The average Bonchev–Trinajstić information content (AvgIpc) is 2.36. The first kappa shape index (κ1) is 16.7. The van der Waals surface area contributed by atoms with Crippen molar-refractivity contribution in [1.29, 1.82) is 0 Å². The molecule has 20 heavy (non-hydrogen) atoms. The fourth-order valence-corrected chi connectivity index (χ4v) is 1.90. The summed E-state index contributed by atoms with van der Waals surface area (Å²) in [6.45, 7) is 7.83. The quantitative estimate of drug-likeness (QED) is 0.642. The lowest BCUT2D eigenvalue weighted by molar-refractivity contribution is 0.161. The van der Waals surface area contributed by atoms with Crippen molar-refractivity contribution < 1.29 is 9.84 Å². The van der Waals surface area contributed by atoms with Gasteiger partial charge in [0.2, 0.25) is 0 Å². The summed E-state index contributed by atoms with van der Waals surface area (Å²) in [5.74, 6) is 2.55. The number of methoxy groups -OCH3 is 1. The van der Waals surface area contributed by atoms with Crippen LogP contribution in [0.4, 0.5) is 11.6 Å². The molecule has 0 amide bonds. The van der Waals surface area contributed by atoms with Gasteiger partial charge in [0.15, 0.2) is 5.82 Å². The highest BCUT2D eigenvalue weighted by molar-refractivity contribution is 5.47. The molecule has 1 rings (SSSR count). The van der Waals surface area contributed by atoms with Crippen LogP contribution < -0.4 is 10.6 Å². The van der Waals surface area contributed by atoms with Gasteiger partial charge >= 0.3 is 0 Å². The number of hydrogen-bond acceptors (Lipinski definition) is 6. The largest absolute Gasteiger partial charge is 0.391 e. The summed E-state index contributed by atoms with van der Waals surface area (Å²) in [6.07, 6.45) is 0.390. The lowest BCUT2D eigenvalue weighted by Crippen LogP contribution is -2.22. The highest BCUT2D eigenvalue weighted by atomic mass is 16.5. The number of ether oxygens (including phenoxy) is 1. The zero-order chi connectivity index (χ0) is 15.0. The summed E-state index contributed by atoms with van der Waals surface area (Å²) in [4.78, 5) is 8.70. The van der Waals surface area contributed by atoms with Gasteiger partial charge in [-0.3, -0.25) is 0 Å². The van der Waals surface area contributed by atoms with Crippen molar-refractivity contribution in [2.24, 2.45) is 5.92 Å². The molecule has 114 valence electrons. The number of hydrogen-bond donors (Lipinski definition) is 3. The Morgan fingerprint density at radius 1 is 1.25 bits per heavy atom. The Morgan fingerprint density at radius 2 is 1.90 bits per heavy atom. The van der Waals surface area contributed by atoms with Crippen molar-refractivity contribution in [1.82, 2.24) is 9.97 Å². The van der Waals surface area contributed by atoms with Gasteiger partial charge in [0.05, 0.1) is 6.10 Å². The maximum Gasteiger partial charge on any atom is 0.158 e. The van der Waals surface area contributed by atoms with E-state index in [2.05, 4.69) is 34.4 Å². The predicted molar refractivity (Wildman–Crippen MR) is 80.9 cm³/mol. The molecule has 0 spiro atoms. The molecule has 0 saturated carbocycles. The fraction of sp³-hybridized carbons (Fsp3) is 0.714. The lowest BCUT2D eigenvalue weighted by Gasteiger charge is -2.15. The van der Waals surface area contributed by atoms with Crippen molar-refractivity contribution in [2.45, 2.75) is 39.9 Å². The van der Waals surface area contributed by atoms with Crippen LogP contribution in [0.25, 0.3) is 0 Å². The number of nitrogens with one attached hydrogen (secondary N) is 2. The van der Waals surface area contributed by atoms with E-state index in [9.17, 15) is 5.11 Å². The van der Waals surface area contributed by atoms with E-state index in [1.165, 1.54) is 0 Å². The van der Waals surface area contributed by atoms with Crippen LogP contribution in [0, 0.1) is 5.92 Å². The van der Waals surface area contributed by atoms with E-state index in [0.717, 1.165) is 18.8 Å². The van der Waals surface area contributed by atoms with Crippen LogP contribution in [0.15, 0.2) is 6.07 Å². The van der Waals surface area contributed by atoms with E-state index in [0.29, 0.717) is 30.7 Å². The molecule has 0 radical (unpaired) electrons. The molecule has 1 aromatic heterocycles. The minimum absolute atomic E-state index is 0.364. The lowest BCUT2D eigenvalue weighted by atomic mass is 10.1. The van der Waals surface area contributed by atoms with Crippen LogP contribution >= 0.6 is 0 Å². The van der Waals surface area contributed by atoms with E-state index in [1.54, 1.807) is 7.11 Å². The van der Waals surface area contributed by atoms with E-state index in [4.69, 9.17) is 4.74 Å². The number of aliphatic hydroxyl groups is 1. The Kier molecular flexibility index (Phi) is 7.25. The Hall–Kier alpha value is -1.40. The van der Waals surface area contributed by atoms with Crippen molar-refractivity contribution in [3.8, 4) is 0 Å². The monoisotopic (exact) mass is 282 g/mol. The van der Waals surface area contributed by atoms with Gasteiger partial charge in [-0.25, -0.2) is 9.97 Å². The minimum atomic E-state index is -0.376. The smallest absolute Gasteiger partial charge is 0.158 e. The molecule has 0 aliphatic heterocycles. The zero-order valence-electron chi connectivity index (χ0n) is 12.8. The number of nitrogens with zero attached hydrogens (tertiary/aromatic N) is 2. The summed E-state index contributed by atoms with van der Waals surface area (Å²) in [6, 6.07) is 1.84. The van der Waals surface area contributed by atoms with Crippen LogP contribution in [0.1, 0.15) is 33.0 Å². The van der Waals surface area contributed by atoms with Crippen LogP contribution in [-0.2, 0) is 11.3 Å². The molecule has 0 aliphatic carbocycles. The Bertz CT molecular complexity index is 375. The SMILES string of the molecule is CCNc1cc(NCC(O)CC(C)C)nc(COC)n1. The highest BCUT2D eigenvalue weighted by Crippen LogP contribution is 2.13. The number of aromatic nitrogens is 2. The maximum absolute atomic E-state index is 9.88. The van der Waals surface area contributed by atoms with Gasteiger partial charge in [0.25, 0.3) is 0 Å². The van der Waals surface area contributed by atoms with E-state index in [-0.39, 0.29) is 6.10 Å². The van der Waals surface area contributed by atoms with Gasteiger partial charge < -0.3 is 20.5 Å². The van der Waals surface area contributed by atoms with Gasteiger partial charge in [0.1, 0.15) is 18.2 Å². The van der Waals surface area contributed by atoms with E-state index in [1.807, 2.05) is 13.0 Å². The van der Waals surface area contributed by atoms with Gasteiger partial charge in [0, 0.05) is 26.3 Å². The summed E-state index contributed by atoms with van der Waals surface area (Å²) in [7, 11) is 1.61. The third kappa shape index (κ3) is 6.16. The summed E-state index contributed by atoms with van der Waals surface area (Å²) < 4.78 is 5.06. The van der Waals surface area contributed by atoms with Gasteiger partial charge in [-0.15, -0.1) is 0 Å². The first-order valence-corrected chi connectivity index (χ1v) is 7.07. The standard InChI is InChI=1S/C14H26N4O2/c1-5-15-12-7-13(18-14(17-12)9-20-4)16-8-11(19)6-10(2)3/h7,10-11,19H,5-6,8-9H2,1-4H3,(H2,15,16,17,18). The molecule has 0 bridgehead atoms.